The van der Waals surface area contributed by atoms with E-state index < -0.39 is 41.6 Å². The van der Waals surface area contributed by atoms with Crippen molar-refractivity contribution in [1.82, 2.24) is 5.32 Å². The molecule has 6 N–H and O–H groups in total. The largest absolute Gasteiger partial charge is 0.481 e. The standard InChI is InChI=1S/C13H23IN2O7/c1-13(2,9(17)5-3-7(15)11(20)21)16-8(12(22)23-14)4-6-10(18)19/h7-9,16-17H,3-6,15H2,1-2H3,(H,18,19)(H,20,21). The molecule has 10 heteroatoms. The lowest BCUT2D eigenvalue weighted by Crippen LogP contribution is -2.56. The maximum absolute atomic E-state index is 11.7. The second-order valence-corrected chi connectivity index (χ2v) is 6.23. The van der Waals surface area contributed by atoms with Gasteiger partial charge in [-0.3, -0.25) is 14.9 Å². The Morgan fingerprint density at radius 1 is 1.22 bits per heavy atom. The van der Waals surface area contributed by atoms with E-state index in [4.69, 9.17) is 15.9 Å². The van der Waals surface area contributed by atoms with Crippen LogP contribution in [0.5, 0.6) is 0 Å². The first kappa shape index (κ1) is 22.0. The first-order chi connectivity index (χ1) is 10.5. The predicted molar refractivity (Wildman–Crippen MR) is 88.8 cm³/mol. The number of carbonyl (C=O) groups is 3. The topological polar surface area (TPSA) is 159 Å². The summed E-state index contributed by atoms with van der Waals surface area (Å²) >= 11 is 1.41. The number of carboxylic acid groups (broad SMARTS) is 2. The van der Waals surface area contributed by atoms with Gasteiger partial charge in [-0.05, 0) is 33.1 Å². The SMILES string of the molecule is CC(C)(NC(CCC(=O)O)C(=O)OI)C(O)CCC(N)C(=O)O. The number of aliphatic hydroxyl groups is 1. The number of nitrogens with two attached hydrogens (primary N) is 1. The molecule has 134 valence electrons. The van der Waals surface area contributed by atoms with Gasteiger partial charge in [-0.2, -0.15) is 0 Å². The molecule has 0 bridgehead atoms. The molecule has 9 nitrogen and oxygen atoms in total. The fourth-order valence-corrected chi connectivity index (χ4v) is 2.24. The van der Waals surface area contributed by atoms with Gasteiger partial charge in [-0.1, -0.05) is 0 Å². The van der Waals surface area contributed by atoms with Crippen molar-refractivity contribution in [1.29, 1.82) is 0 Å². The summed E-state index contributed by atoms with van der Waals surface area (Å²) in [7, 11) is 0. The van der Waals surface area contributed by atoms with E-state index in [0.29, 0.717) is 0 Å². The summed E-state index contributed by atoms with van der Waals surface area (Å²) in [5.41, 5.74) is 4.42. The fourth-order valence-electron chi connectivity index (χ4n) is 1.94. The Morgan fingerprint density at radius 3 is 2.22 bits per heavy atom. The highest BCUT2D eigenvalue weighted by molar-refractivity contribution is 14.1. The van der Waals surface area contributed by atoms with Crippen molar-refractivity contribution in [3.05, 3.63) is 0 Å². The average molecular weight is 446 g/mol. The van der Waals surface area contributed by atoms with Crippen molar-refractivity contribution in [2.75, 3.05) is 0 Å². The third kappa shape index (κ3) is 8.44. The van der Waals surface area contributed by atoms with Crippen LogP contribution in [0.25, 0.3) is 0 Å². The fraction of sp³-hybridized carbons (Fsp3) is 0.769. The molecule has 23 heavy (non-hydrogen) atoms. The van der Waals surface area contributed by atoms with Crippen LogP contribution in [0, 0.1) is 0 Å². The highest BCUT2D eigenvalue weighted by Crippen LogP contribution is 2.18. The van der Waals surface area contributed by atoms with Gasteiger partial charge in [0.1, 0.15) is 12.1 Å². The van der Waals surface area contributed by atoms with Crippen LogP contribution in [0.2, 0.25) is 0 Å². The molecule has 0 aromatic rings. The molecule has 0 aromatic heterocycles. The van der Waals surface area contributed by atoms with Gasteiger partial charge < -0.3 is 24.1 Å². The highest BCUT2D eigenvalue weighted by Gasteiger charge is 2.34. The van der Waals surface area contributed by atoms with E-state index in [-0.39, 0.29) is 25.7 Å². The molecule has 0 amide bonds. The van der Waals surface area contributed by atoms with Crippen LogP contribution in [0.1, 0.15) is 39.5 Å². The Kier molecular flexibility index (Phi) is 9.58. The number of hydrogen-bond acceptors (Lipinski definition) is 7. The number of carbonyl (C=O) groups excluding carboxylic acids is 1. The van der Waals surface area contributed by atoms with Crippen molar-refractivity contribution < 1.29 is 32.8 Å². The minimum Gasteiger partial charge on any atom is -0.481 e. The second kappa shape index (κ2) is 10.0. The molecule has 0 aliphatic rings. The zero-order valence-electron chi connectivity index (χ0n) is 13.0. The Bertz CT molecular complexity index is 431. The number of aliphatic carboxylic acids is 2. The van der Waals surface area contributed by atoms with Crippen molar-refractivity contribution in [3.63, 3.8) is 0 Å². The Balaban J connectivity index is 4.75. The van der Waals surface area contributed by atoms with Crippen LogP contribution < -0.4 is 11.1 Å². The lowest BCUT2D eigenvalue weighted by atomic mass is 9.90. The molecule has 0 saturated carbocycles. The van der Waals surface area contributed by atoms with Gasteiger partial charge in [-0.15, -0.1) is 0 Å². The van der Waals surface area contributed by atoms with E-state index in [1.807, 2.05) is 0 Å². The quantitative estimate of drug-likeness (QED) is 0.276. The summed E-state index contributed by atoms with van der Waals surface area (Å²) in [6.45, 7) is 3.25. The molecule has 0 saturated heterocycles. The number of rotatable bonds is 11. The van der Waals surface area contributed by atoms with Crippen LogP contribution in [-0.2, 0) is 17.4 Å². The number of hydrogen-bond donors (Lipinski definition) is 5. The summed E-state index contributed by atoms with van der Waals surface area (Å²) in [5.74, 6) is -2.85. The summed E-state index contributed by atoms with van der Waals surface area (Å²) in [6.07, 6.45) is -1.04. The summed E-state index contributed by atoms with van der Waals surface area (Å²) in [5, 5.41) is 30.5. The van der Waals surface area contributed by atoms with Gasteiger partial charge in [0, 0.05) is 12.0 Å². The van der Waals surface area contributed by atoms with Crippen LogP contribution in [0.4, 0.5) is 0 Å². The van der Waals surface area contributed by atoms with Crippen molar-refractivity contribution >= 4 is 40.9 Å². The zero-order valence-corrected chi connectivity index (χ0v) is 15.1. The molecule has 3 unspecified atom stereocenters. The molecule has 0 aromatic carbocycles. The van der Waals surface area contributed by atoms with Crippen LogP contribution in [0.3, 0.4) is 0 Å². The molecule has 0 rings (SSSR count). The van der Waals surface area contributed by atoms with Gasteiger partial charge in [0.2, 0.25) is 0 Å². The van der Waals surface area contributed by atoms with E-state index >= 15 is 0 Å². The molecule has 3 atom stereocenters. The van der Waals surface area contributed by atoms with E-state index in [1.54, 1.807) is 13.8 Å². The van der Waals surface area contributed by atoms with Gasteiger partial charge >= 0.3 is 17.9 Å². The number of aliphatic hydroxyl groups excluding tert-OH is 1. The lowest BCUT2D eigenvalue weighted by Gasteiger charge is -2.35. The smallest absolute Gasteiger partial charge is 0.332 e. The van der Waals surface area contributed by atoms with Crippen LogP contribution in [-0.4, -0.2) is 57.0 Å². The Hall–Kier alpha value is -0.980. The number of nitrogens with one attached hydrogen (secondary N) is 1. The first-order valence-corrected chi connectivity index (χ1v) is 7.87. The third-order valence-corrected chi connectivity index (χ3v) is 3.89. The molecule has 0 radical (unpaired) electrons. The Morgan fingerprint density at radius 2 is 1.78 bits per heavy atom. The maximum atomic E-state index is 11.7. The zero-order chi connectivity index (χ0) is 18.2. The third-order valence-electron chi connectivity index (χ3n) is 3.46. The normalized spacial score (nSPS) is 15.5. The van der Waals surface area contributed by atoms with E-state index in [1.165, 1.54) is 23.0 Å². The van der Waals surface area contributed by atoms with Gasteiger partial charge in [0.15, 0.2) is 23.0 Å². The summed E-state index contributed by atoms with van der Waals surface area (Å²) in [6, 6.07) is -1.98. The lowest BCUT2D eigenvalue weighted by molar-refractivity contribution is -0.139. The molecule has 0 fully saturated rings. The van der Waals surface area contributed by atoms with E-state index in [0.717, 1.165) is 0 Å². The number of halogens is 1. The second-order valence-electron chi connectivity index (χ2n) is 5.79. The molecule has 0 spiro atoms. The monoisotopic (exact) mass is 446 g/mol. The maximum Gasteiger partial charge on any atom is 0.332 e. The van der Waals surface area contributed by atoms with Gasteiger partial charge in [0.05, 0.1) is 6.10 Å². The van der Waals surface area contributed by atoms with Crippen LogP contribution in [0.15, 0.2) is 0 Å². The van der Waals surface area contributed by atoms with Crippen LogP contribution >= 0.6 is 23.0 Å². The minimum atomic E-state index is -1.16. The number of carboxylic acids is 2. The van der Waals surface area contributed by atoms with E-state index in [2.05, 4.69) is 8.38 Å². The van der Waals surface area contributed by atoms with Crippen molar-refractivity contribution in [2.45, 2.75) is 63.3 Å². The molecule has 0 aliphatic carbocycles. The summed E-state index contributed by atoms with van der Waals surface area (Å²) < 4.78 is 4.60. The molecular weight excluding hydrogens is 423 g/mol. The average Bonchev–Trinajstić information content (AvgIpc) is 2.47. The van der Waals surface area contributed by atoms with E-state index in [9.17, 15) is 19.5 Å². The van der Waals surface area contributed by atoms with Crippen molar-refractivity contribution in [2.24, 2.45) is 5.73 Å². The Labute approximate surface area is 148 Å². The molecule has 0 aliphatic heterocycles. The first-order valence-electron chi connectivity index (χ1n) is 6.99. The molecule has 0 heterocycles. The predicted octanol–water partition coefficient (Wildman–Crippen LogP) is 0.0342. The van der Waals surface area contributed by atoms with Gasteiger partial charge in [0.25, 0.3) is 0 Å². The minimum absolute atomic E-state index is 0.00194. The molecular formula is C13H23IN2O7. The summed E-state index contributed by atoms with van der Waals surface area (Å²) in [4.78, 5) is 33.0. The highest BCUT2D eigenvalue weighted by atomic mass is 127. The van der Waals surface area contributed by atoms with Gasteiger partial charge in [-0.25, -0.2) is 4.79 Å². The van der Waals surface area contributed by atoms with Crippen molar-refractivity contribution in [3.8, 4) is 0 Å².